The van der Waals surface area contributed by atoms with Crippen LogP contribution in [0.25, 0.3) is 0 Å². The van der Waals surface area contributed by atoms with Gasteiger partial charge in [0.2, 0.25) is 0 Å². The second-order valence-electron chi connectivity index (χ2n) is 0.622. The molecule has 0 heterocycles. The molecule has 0 rings (SSSR count). The van der Waals surface area contributed by atoms with Crippen LogP contribution in [-0.2, 0) is 4.74 Å². The van der Waals surface area contributed by atoms with E-state index in [1.807, 2.05) is 6.92 Å². The molecule has 3 heteroatoms. The van der Waals surface area contributed by atoms with Crippen LogP contribution < -0.4 is 18.9 Å². The van der Waals surface area contributed by atoms with Gasteiger partial charge in [0.1, 0.15) is 6.79 Å². The average molecular weight is 84.0 g/mol. The van der Waals surface area contributed by atoms with Crippen molar-refractivity contribution in [3.63, 3.8) is 0 Å². The van der Waals surface area contributed by atoms with E-state index >= 15 is 0 Å². The van der Waals surface area contributed by atoms with Crippen LogP contribution in [0.4, 0.5) is 0 Å². The molecule has 0 bridgehead atoms. The SMILES string of the molecule is CCOCO.[H-].[Li+]. The molecule has 0 atom stereocenters. The molecule has 0 amide bonds. The Balaban J connectivity index is -0.0000000800. The molecular weight excluding hydrogens is 75.0 g/mol. The molecule has 0 spiro atoms. The molecule has 0 radical (unpaired) electrons. The molecular formula is C3H9LiO2. The van der Waals surface area contributed by atoms with E-state index in [1.165, 1.54) is 0 Å². The van der Waals surface area contributed by atoms with Crippen LogP contribution in [0.1, 0.15) is 8.35 Å². The fourth-order valence-corrected chi connectivity index (χ4v) is 0.0913. The van der Waals surface area contributed by atoms with E-state index in [-0.39, 0.29) is 27.1 Å². The Morgan fingerprint density at radius 3 is 2.33 bits per heavy atom. The molecule has 34 valence electrons. The maximum atomic E-state index is 7.84. The standard InChI is InChI=1S/C3H8O2.Li.H/c1-2-5-3-4;;/h4H,2-3H2,1H3;;/q;+1;-1. The molecule has 0 saturated carbocycles. The second kappa shape index (κ2) is 9.10. The minimum absolute atomic E-state index is 0. The van der Waals surface area contributed by atoms with Gasteiger partial charge in [-0.15, -0.1) is 0 Å². The molecule has 6 heavy (non-hydrogen) atoms. The number of aliphatic hydroxyl groups is 1. The van der Waals surface area contributed by atoms with Crippen molar-refractivity contribution >= 4 is 0 Å². The fourth-order valence-electron chi connectivity index (χ4n) is 0.0913. The van der Waals surface area contributed by atoms with Gasteiger partial charge in [0.15, 0.2) is 0 Å². The van der Waals surface area contributed by atoms with Crippen LogP contribution in [0.2, 0.25) is 0 Å². The summed E-state index contributed by atoms with van der Waals surface area (Å²) in [6, 6.07) is 0. The van der Waals surface area contributed by atoms with Gasteiger partial charge in [0.05, 0.1) is 0 Å². The smallest absolute Gasteiger partial charge is 1.00 e. The summed E-state index contributed by atoms with van der Waals surface area (Å²) in [6.45, 7) is 2.27. The number of aliphatic hydroxyl groups excluding tert-OH is 1. The van der Waals surface area contributed by atoms with Crippen molar-refractivity contribution in [2.24, 2.45) is 0 Å². The Morgan fingerprint density at radius 1 is 1.83 bits per heavy atom. The molecule has 0 aromatic heterocycles. The zero-order valence-corrected chi connectivity index (χ0v) is 4.27. The van der Waals surface area contributed by atoms with Gasteiger partial charge in [0.25, 0.3) is 0 Å². The van der Waals surface area contributed by atoms with Gasteiger partial charge >= 0.3 is 18.9 Å². The summed E-state index contributed by atoms with van der Waals surface area (Å²) in [7, 11) is 0. The van der Waals surface area contributed by atoms with Crippen LogP contribution >= 0.6 is 0 Å². The third-order valence-electron chi connectivity index (χ3n) is 0.295. The summed E-state index contributed by atoms with van der Waals surface area (Å²) >= 11 is 0. The van der Waals surface area contributed by atoms with E-state index in [1.54, 1.807) is 0 Å². The van der Waals surface area contributed by atoms with Crippen LogP contribution in [-0.4, -0.2) is 18.5 Å². The van der Waals surface area contributed by atoms with Gasteiger partial charge in [-0.2, -0.15) is 0 Å². The van der Waals surface area contributed by atoms with Gasteiger partial charge < -0.3 is 11.3 Å². The fraction of sp³-hybridized carbons (Fsp3) is 1.00. The molecule has 0 fully saturated rings. The quantitative estimate of drug-likeness (QED) is 0.287. The number of hydrogen-bond donors (Lipinski definition) is 1. The monoisotopic (exact) mass is 84.1 g/mol. The Labute approximate surface area is 51.2 Å². The van der Waals surface area contributed by atoms with Crippen molar-refractivity contribution in [2.45, 2.75) is 6.92 Å². The van der Waals surface area contributed by atoms with Crippen LogP contribution in [0.5, 0.6) is 0 Å². The summed E-state index contributed by atoms with van der Waals surface area (Å²) in [5.41, 5.74) is 0. The van der Waals surface area contributed by atoms with E-state index in [2.05, 4.69) is 4.74 Å². The van der Waals surface area contributed by atoms with Crippen LogP contribution in [0.3, 0.4) is 0 Å². The summed E-state index contributed by atoms with van der Waals surface area (Å²) in [6.07, 6.45) is 0. The topological polar surface area (TPSA) is 29.5 Å². The van der Waals surface area contributed by atoms with E-state index in [0.717, 1.165) is 0 Å². The molecule has 0 aliphatic carbocycles. The van der Waals surface area contributed by atoms with Gasteiger partial charge in [-0.05, 0) is 6.92 Å². The molecule has 0 unspecified atom stereocenters. The number of ether oxygens (including phenoxy) is 1. The predicted molar refractivity (Wildman–Crippen MR) is 19.8 cm³/mol. The Bertz CT molecular complexity index is 20.4. The van der Waals surface area contributed by atoms with Crippen molar-refractivity contribution in [1.29, 1.82) is 0 Å². The van der Waals surface area contributed by atoms with E-state index in [0.29, 0.717) is 6.61 Å². The van der Waals surface area contributed by atoms with Gasteiger partial charge in [-0.1, -0.05) is 0 Å². The molecule has 0 aromatic rings. The van der Waals surface area contributed by atoms with Gasteiger partial charge in [-0.3, -0.25) is 0 Å². The normalized spacial score (nSPS) is 7.00. The average Bonchev–Trinajstić information content (AvgIpc) is 1.41. The molecule has 0 aliphatic heterocycles. The molecule has 0 aliphatic rings. The summed E-state index contributed by atoms with van der Waals surface area (Å²) in [5, 5.41) is 7.84. The Kier molecular flexibility index (Phi) is 14.7. The predicted octanol–water partition coefficient (Wildman–Crippen LogP) is -2.91. The first-order chi connectivity index (χ1) is 2.41. The van der Waals surface area contributed by atoms with Crippen molar-refractivity contribution in [3.05, 3.63) is 0 Å². The number of rotatable bonds is 2. The van der Waals surface area contributed by atoms with Gasteiger partial charge in [0, 0.05) is 6.61 Å². The van der Waals surface area contributed by atoms with Crippen molar-refractivity contribution in [3.8, 4) is 0 Å². The second-order valence-corrected chi connectivity index (χ2v) is 0.622. The Morgan fingerprint density at radius 2 is 2.33 bits per heavy atom. The molecule has 2 nitrogen and oxygen atoms in total. The first kappa shape index (κ1) is 9.72. The summed E-state index contributed by atoms with van der Waals surface area (Å²) in [5.74, 6) is 0. The van der Waals surface area contributed by atoms with Crippen LogP contribution in [0.15, 0.2) is 0 Å². The number of hydrogen-bond acceptors (Lipinski definition) is 2. The van der Waals surface area contributed by atoms with Crippen LogP contribution in [0, 0.1) is 0 Å². The van der Waals surface area contributed by atoms with Crippen molar-refractivity contribution in [1.82, 2.24) is 0 Å². The van der Waals surface area contributed by atoms with E-state index in [4.69, 9.17) is 5.11 Å². The minimum Gasteiger partial charge on any atom is -1.00 e. The van der Waals surface area contributed by atoms with E-state index in [9.17, 15) is 0 Å². The maximum absolute atomic E-state index is 7.84. The van der Waals surface area contributed by atoms with Crippen molar-refractivity contribution in [2.75, 3.05) is 13.4 Å². The van der Waals surface area contributed by atoms with Gasteiger partial charge in [-0.25, -0.2) is 0 Å². The summed E-state index contributed by atoms with van der Waals surface area (Å²) in [4.78, 5) is 0. The summed E-state index contributed by atoms with van der Waals surface area (Å²) < 4.78 is 4.39. The zero-order chi connectivity index (χ0) is 4.12. The first-order valence-electron chi connectivity index (χ1n) is 1.60. The van der Waals surface area contributed by atoms with Crippen molar-refractivity contribution < 1.29 is 30.1 Å². The van der Waals surface area contributed by atoms with E-state index < -0.39 is 0 Å². The Hall–Kier alpha value is 0.517. The third-order valence-corrected chi connectivity index (χ3v) is 0.295. The minimum atomic E-state index is -0.156. The molecule has 1 N–H and O–H groups in total. The maximum Gasteiger partial charge on any atom is 1.00 e. The third kappa shape index (κ3) is 8.82. The largest absolute Gasteiger partial charge is 1.00 e. The molecule has 0 aromatic carbocycles. The molecule has 0 saturated heterocycles. The first-order valence-corrected chi connectivity index (χ1v) is 1.60. The zero-order valence-electron chi connectivity index (χ0n) is 5.27.